The number of ether oxygens (including phenoxy) is 4. The van der Waals surface area contributed by atoms with Gasteiger partial charge in [0.2, 0.25) is 0 Å². The van der Waals surface area contributed by atoms with Gasteiger partial charge in [-0.05, 0) is 110 Å². The average molecular weight is 849 g/mol. The van der Waals surface area contributed by atoms with Crippen molar-refractivity contribution < 1.29 is 79.0 Å². The molecule has 6 fully saturated rings. The summed E-state index contributed by atoms with van der Waals surface area (Å²) in [5.74, 6) is -4.47. The van der Waals surface area contributed by atoms with Gasteiger partial charge in [-0.2, -0.15) is 0 Å². The molecule has 0 unspecified atom stereocenters. The van der Waals surface area contributed by atoms with Gasteiger partial charge in [-0.25, -0.2) is 9.59 Å². The Morgan fingerprint density at radius 3 is 1.86 bits per heavy atom. The highest BCUT2D eigenvalue weighted by molar-refractivity contribution is 5.95. The number of rotatable bonds is 7. The lowest BCUT2D eigenvalue weighted by atomic mass is 9.33. The molecule has 0 aromatic heterocycles. The molecule has 2 saturated heterocycles. The number of fused-ring (bicyclic) bond motifs is 7. The lowest BCUT2D eigenvalue weighted by Gasteiger charge is -2.70. The van der Waals surface area contributed by atoms with Crippen LogP contribution in [-0.2, 0) is 38.1 Å². The minimum absolute atomic E-state index is 0. The third-order valence-electron chi connectivity index (χ3n) is 17.2. The van der Waals surface area contributed by atoms with Crippen molar-refractivity contribution in [3.8, 4) is 0 Å². The van der Waals surface area contributed by atoms with Gasteiger partial charge in [0.1, 0.15) is 36.6 Å². The van der Waals surface area contributed by atoms with E-state index in [1.54, 1.807) is 0 Å². The second kappa shape index (κ2) is 15.5. The molecule has 0 spiro atoms. The molecule has 0 aromatic carbocycles. The number of carboxylic acid groups (broad SMARTS) is 3. The summed E-state index contributed by atoms with van der Waals surface area (Å²) < 4.78 is 23.4. The molecular formula is C42H64MgO16. The van der Waals surface area contributed by atoms with Crippen LogP contribution >= 0.6 is 0 Å². The Bertz CT molecular complexity index is 1740. The standard InChI is InChI=1S/C42H62O16.Mg.2H/c1-37(2)21-8-11-42(7)31(20(43)16-18-19-17-39(4,36(53)54)13-12-38(19,3)14-15-41(18,42)6)40(21,5)10-9-22(37)55-35-30(26(47)25(46)29(57-35)33(51)52)58-34-27(48)23(44)24(45)28(56-34)32(49)50;;;/h16,19,21-31,34-35,44-48H,8-15,17H2,1-7H3,(H,49,50)(H,51,52)(H,53,54);;;/t19-,21-,22-,23-,24-,25-,26-,27+,28-,29-,30+,31+,34-,35-,38+,39-,40-,41+,42+;;;/m0.../s1. The first-order valence-corrected chi connectivity index (χ1v) is 20.7. The molecule has 4 saturated carbocycles. The number of aliphatic hydroxyl groups is 5. The van der Waals surface area contributed by atoms with Crippen molar-refractivity contribution in [2.24, 2.45) is 50.2 Å². The SMILES string of the molecule is CC1(C)[C@@H](O[C@H]2O[C@H](C(=O)O)[C@@H](O)[C@H](O)[C@H]2O[C@@H]2O[C@H](C(=O)O)[C@@H](O)[C@H](O)[C@H]2O)CC[C@]2(C)[C@H]3C(=O)C=C4[C@@H]5C[C@@](C)(C(=O)O)CC[C@]5(C)CC[C@@]4(C)[C@]3(C)CC[C@@H]12.[MgH2]. The number of aliphatic hydroxyl groups excluding tert-OH is 5. The fraction of sp³-hybridized carbons (Fsp3) is 0.857. The van der Waals surface area contributed by atoms with E-state index in [0.29, 0.717) is 25.7 Å². The molecular weight excluding hydrogens is 785 g/mol. The molecule has 8 N–H and O–H groups in total. The molecule has 7 rings (SSSR count). The maximum absolute atomic E-state index is 14.8. The largest absolute Gasteiger partial charge is 0.481 e. The predicted octanol–water partition coefficient (Wildman–Crippen LogP) is 1.33. The van der Waals surface area contributed by atoms with Gasteiger partial charge in [0, 0.05) is 5.92 Å². The number of hydrogen-bond donors (Lipinski definition) is 8. The zero-order chi connectivity index (χ0) is 42.9. The summed E-state index contributed by atoms with van der Waals surface area (Å²) in [4.78, 5) is 51.3. The van der Waals surface area contributed by atoms with Crippen molar-refractivity contribution in [1.29, 1.82) is 0 Å². The van der Waals surface area contributed by atoms with E-state index >= 15 is 0 Å². The fourth-order valence-corrected chi connectivity index (χ4v) is 13.4. The van der Waals surface area contributed by atoms with Crippen molar-refractivity contribution in [1.82, 2.24) is 0 Å². The van der Waals surface area contributed by atoms with E-state index < -0.39 is 107 Å². The second-order valence-electron chi connectivity index (χ2n) is 20.6. The molecule has 19 atom stereocenters. The van der Waals surface area contributed by atoms with Crippen molar-refractivity contribution in [3.63, 3.8) is 0 Å². The molecule has 0 amide bonds. The summed E-state index contributed by atoms with van der Waals surface area (Å²) >= 11 is 0. The molecule has 0 bridgehead atoms. The smallest absolute Gasteiger partial charge is 0.335 e. The van der Waals surface area contributed by atoms with Gasteiger partial charge in [0.15, 0.2) is 30.6 Å². The monoisotopic (exact) mass is 848 g/mol. The molecule has 0 aromatic rings. The Morgan fingerprint density at radius 2 is 1.27 bits per heavy atom. The zero-order valence-corrected chi connectivity index (χ0v) is 34.4. The maximum atomic E-state index is 14.8. The average Bonchev–Trinajstić information content (AvgIpc) is 3.13. The van der Waals surface area contributed by atoms with Crippen molar-refractivity contribution >= 4 is 46.7 Å². The van der Waals surface area contributed by atoms with Gasteiger partial charge in [-0.1, -0.05) is 47.1 Å². The third-order valence-corrected chi connectivity index (χ3v) is 17.2. The quantitative estimate of drug-likeness (QED) is 0.133. The van der Waals surface area contributed by atoms with Gasteiger partial charge in [0.05, 0.1) is 11.5 Å². The van der Waals surface area contributed by atoms with Crippen LogP contribution in [0.5, 0.6) is 0 Å². The number of aliphatic carboxylic acids is 3. The highest BCUT2D eigenvalue weighted by Crippen LogP contribution is 2.75. The van der Waals surface area contributed by atoms with Crippen molar-refractivity contribution in [3.05, 3.63) is 11.6 Å². The van der Waals surface area contributed by atoms with E-state index in [0.717, 1.165) is 37.7 Å². The molecule has 16 nitrogen and oxygen atoms in total. The first kappa shape index (κ1) is 46.7. The number of carbonyl (C=O) groups is 4. The minimum atomic E-state index is -2.05. The topological polar surface area (TPSA) is 267 Å². The third kappa shape index (κ3) is 6.95. The molecule has 5 aliphatic carbocycles. The first-order valence-electron chi connectivity index (χ1n) is 20.7. The summed E-state index contributed by atoms with van der Waals surface area (Å²) in [7, 11) is 0. The van der Waals surface area contributed by atoms with Crippen LogP contribution in [0.2, 0.25) is 0 Å². The fourth-order valence-electron chi connectivity index (χ4n) is 13.4. The van der Waals surface area contributed by atoms with Crippen molar-refractivity contribution in [2.45, 2.75) is 174 Å². The van der Waals surface area contributed by atoms with Crippen LogP contribution in [0, 0.1) is 50.2 Å². The van der Waals surface area contributed by atoms with E-state index in [4.69, 9.17) is 18.9 Å². The summed E-state index contributed by atoms with van der Waals surface area (Å²) in [5.41, 5.74) is -1.81. The molecule has 17 heteroatoms. The van der Waals surface area contributed by atoms with Crippen LogP contribution in [0.3, 0.4) is 0 Å². The number of ketones is 1. The van der Waals surface area contributed by atoms with Crippen LogP contribution in [0.1, 0.15) is 106 Å². The van der Waals surface area contributed by atoms with Gasteiger partial charge >= 0.3 is 41.0 Å². The van der Waals surface area contributed by atoms with Crippen LogP contribution in [0.15, 0.2) is 11.6 Å². The molecule has 330 valence electrons. The lowest BCUT2D eigenvalue weighted by Crippen LogP contribution is -2.68. The minimum Gasteiger partial charge on any atom is -0.481 e. The van der Waals surface area contributed by atoms with E-state index in [1.807, 2.05) is 26.8 Å². The van der Waals surface area contributed by atoms with E-state index in [-0.39, 0.29) is 57.4 Å². The van der Waals surface area contributed by atoms with Gasteiger partial charge in [-0.3, -0.25) is 9.59 Å². The maximum Gasteiger partial charge on any atom is 0.335 e. The van der Waals surface area contributed by atoms with Gasteiger partial charge in [0.25, 0.3) is 0 Å². The number of allylic oxidation sites excluding steroid dienone is 2. The Kier molecular flexibility index (Phi) is 12.3. The Balaban J connectivity index is 0.00000585. The molecule has 59 heavy (non-hydrogen) atoms. The van der Waals surface area contributed by atoms with E-state index in [9.17, 15) is 60.0 Å². The van der Waals surface area contributed by atoms with Gasteiger partial charge < -0.3 is 59.8 Å². The number of hydrogen-bond acceptors (Lipinski definition) is 13. The predicted molar refractivity (Wildman–Crippen MR) is 208 cm³/mol. The molecule has 0 radical (unpaired) electrons. The molecule has 7 aliphatic rings. The normalized spacial score (nSPS) is 51.7. The van der Waals surface area contributed by atoms with E-state index in [2.05, 4.69) is 27.7 Å². The Labute approximate surface area is 360 Å². The highest BCUT2D eigenvalue weighted by Gasteiger charge is 2.71. The van der Waals surface area contributed by atoms with Crippen LogP contribution in [-0.4, -0.2) is 155 Å². The summed E-state index contributed by atoms with van der Waals surface area (Å²) in [6.45, 7) is 14.8. The number of carboxylic acids is 3. The second-order valence-corrected chi connectivity index (χ2v) is 20.6. The number of carbonyl (C=O) groups excluding carboxylic acids is 1. The molecule has 2 aliphatic heterocycles. The summed E-state index contributed by atoms with van der Waals surface area (Å²) in [6.07, 6.45) is -12.2. The highest BCUT2D eigenvalue weighted by atomic mass is 24.3. The summed E-state index contributed by atoms with van der Waals surface area (Å²) in [6, 6.07) is 0. The Morgan fingerprint density at radius 1 is 0.695 bits per heavy atom. The summed E-state index contributed by atoms with van der Waals surface area (Å²) in [5, 5.41) is 83.0. The Hall–Kier alpha value is -1.77. The first-order chi connectivity index (χ1) is 26.8. The van der Waals surface area contributed by atoms with Gasteiger partial charge in [-0.15, -0.1) is 0 Å². The van der Waals surface area contributed by atoms with Crippen LogP contribution in [0.25, 0.3) is 0 Å². The zero-order valence-electron chi connectivity index (χ0n) is 34.4. The molecule has 2 heterocycles. The van der Waals surface area contributed by atoms with Crippen LogP contribution in [0.4, 0.5) is 0 Å². The lowest BCUT2D eigenvalue weighted by molar-refractivity contribution is -0.371. The van der Waals surface area contributed by atoms with E-state index in [1.165, 1.54) is 0 Å². The van der Waals surface area contributed by atoms with Crippen LogP contribution < -0.4 is 0 Å². The van der Waals surface area contributed by atoms with Crippen molar-refractivity contribution in [2.75, 3.05) is 0 Å².